The molecule has 6 nitrogen and oxygen atoms in total. The van der Waals surface area contributed by atoms with Gasteiger partial charge in [0.05, 0.1) is 5.02 Å². The Morgan fingerprint density at radius 1 is 1.03 bits per heavy atom. The van der Waals surface area contributed by atoms with Crippen LogP contribution in [0.15, 0.2) is 53.4 Å². The molecule has 1 saturated heterocycles. The summed E-state index contributed by atoms with van der Waals surface area (Å²) >= 11 is 5.95. The molecule has 1 amide bonds. The summed E-state index contributed by atoms with van der Waals surface area (Å²) in [5.74, 6) is -0.336. The fourth-order valence-corrected chi connectivity index (χ4v) is 4.97. The predicted octanol–water partition coefficient (Wildman–Crippen LogP) is 2.88. The number of amides is 1. The van der Waals surface area contributed by atoms with E-state index in [9.17, 15) is 17.6 Å². The van der Waals surface area contributed by atoms with E-state index in [-0.39, 0.29) is 34.6 Å². The van der Waals surface area contributed by atoms with Crippen LogP contribution in [0.4, 0.5) is 4.39 Å². The molecular weight excluding hydrogens is 429 g/mol. The van der Waals surface area contributed by atoms with E-state index in [0.29, 0.717) is 26.2 Å². The van der Waals surface area contributed by atoms with E-state index < -0.39 is 10.0 Å². The van der Waals surface area contributed by atoms with Gasteiger partial charge >= 0.3 is 0 Å². The van der Waals surface area contributed by atoms with E-state index in [0.717, 1.165) is 18.5 Å². The van der Waals surface area contributed by atoms with E-state index in [4.69, 9.17) is 11.6 Å². The van der Waals surface area contributed by atoms with Gasteiger partial charge in [-0.05, 0) is 36.2 Å². The monoisotopic (exact) mass is 453 g/mol. The van der Waals surface area contributed by atoms with Crippen molar-refractivity contribution in [1.82, 2.24) is 14.5 Å². The van der Waals surface area contributed by atoms with Crippen LogP contribution in [0.25, 0.3) is 0 Å². The number of sulfonamides is 1. The van der Waals surface area contributed by atoms with Crippen molar-refractivity contribution in [2.24, 2.45) is 0 Å². The Balaban J connectivity index is 1.47. The van der Waals surface area contributed by atoms with Crippen molar-refractivity contribution in [1.29, 1.82) is 0 Å². The molecule has 1 N–H and O–H groups in total. The average Bonchev–Trinajstić information content (AvgIpc) is 2.95. The fraction of sp³-hybridized carbons (Fsp3) is 0.381. The SMILES string of the molecule is O=C(CCNS(=O)(=O)c1ccccc1Cl)N1CCCN(Cc2ccc(F)cc2)CC1. The molecule has 30 heavy (non-hydrogen) atoms. The van der Waals surface area contributed by atoms with Crippen LogP contribution in [0.1, 0.15) is 18.4 Å². The summed E-state index contributed by atoms with van der Waals surface area (Å²) in [5, 5.41) is 0.144. The Morgan fingerprint density at radius 2 is 1.77 bits per heavy atom. The number of benzene rings is 2. The van der Waals surface area contributed by atoms with Crippen molar-refractivity contribution in [3.63, 3.8) is 0 Å². The van der Waals surface area contributed by atoms with Gasteiger partial charge in [-0.25, -0.2) is 17.5 Å². The second-order valence-electron chi connectivity index (χ2n) is 7.22. The quantitative estimate of drug-likeness (QED) is 0.699. The van der Waals surface area contributed by atoms with Gasteiger partial charge in [0.1, 0.15) is 10.7 Å². The summed E-state index contributed by atoms with van der Waals surface area (Å²) < 4.78 is 40.2. The van der Waals surface area contributed by atoms with Gasteiger partial charge in [0.2, 0.25) is 15.9 Å². The molecule has 1 aliphatic rings. The van der Waals surface area contributed by atoms with Gasteiger partial charge in [0.15, 0.2) is 0 Å². The van der Waals surface area contributed by atoms with Crippen LogP contribution in [0.5, 0.6) is 0 Å². The first-order chi connectivity index (χ1) is 14.3. The molecule has 0 aromatic heterocycles. The number of carbonyl (C=O) groups is 1. The minimum atomic E-state index is -3.76. The molecule has 2 aromatic carbocycles. The van der Waals surface area contributed by atoms with E-state index >= 15 is 0 Å². The van der Waals surface area contributed by atoms with E-state index in [1.165, 1.54) is 24.3 Å². The number of hydrogen-bond acceptors (Lipinski definition) is 4. The van der Waals surface area contributed by atoms with Gasteiger partial charge in [-0.15, -0.1) is 0 Å². The lowest BCUT2D eigenvalue weighted by atomic mass is 10.2. The summed E-state index contributed by atoms with van der Waals surface area (Å²) in [5.41, 5.74) is 1.03. The maximum Gasteiger partial charge on any atom is 0.242 e. The maximum absolute atomic E-state index is 13.1. The highest BCUT2D eigenvalue weighted by molar-refractivity contribution is 7.89. The number of nitrogens with one attached hydrogen (secondary N) is 1. The molecule has 0 bridgehead atoms. The lowest BCUT2D eigenvalue weighted by Gasteiger charge is -2.22. The molecule has 1 fully saturated rings. The van der Waals surface area contributed by atoms with Gasteiger partial charge in [0, 0.05) is 45.7 Å². The average molecular weight is 454 g/mol. The van der Waals surface area contributed by atoms with Crippen molar-refractivity contribution in [2.75, 3.05) is 32.7 Å². The molecule has 3 rings (SSSR count). The van der Waals surface area contributed by atoms with Crippen molar-refractivity contribution >= 4 is 27.5 Å². The smallest absolute Gasteiger partial charge is 0.242 e. The lowest BCUT2D eigenvalue weighted by molar-refractivity contribution is -0.130. The summed E-state index contributed by atoms with van der Waals surface area (Å²) in [4.78, 5) is 16.6. The Labute approximate surface area is 181 Å². The fourth-order valence-electron chi connectivity index (χ4n) is 3.42. The van der Waals surface area contributed by atoms with Gasteiger partial charge in [-0.2, -0.15) is 0 Å². The first-order valence-corrected chi connectivity index (χ1v) is 11.7. The Bertz CT molecular complexity index is 970. The van der Waals surface area contributed by atoms with Crippen LogP contribution < -0.4 is 4.72 Å². The molecule has 0 aliphatic carbocycles. The molecule has 0 atom stereocenters. The Kier molecular flexibility index (Phi) is 7.82. The number of hydrogen-bond donors (Lipinski definition) is 1. The summed E-state index contributed by atoms with van der Waals surface area (Å²) in [6.45, 7) is 3.50. The molecule has 0 radical (unpaired) electrons. The van der Waals surface area contributed by atoms with Crippen molar-refractivity contribution < 1.29 is 17.6 Å². The first-order valence-electron chi connectivity index (χ1n) is 9.84. The topological polar surface area (TPSA) is 69.7 Å². The van der Waals surface area contributed by atoms with Crippen LogP contribution in [0.3, 0.4) is 0 Å². The molecule has 9 heteroatoms. The zero-order chi connectivity index (χ0) is 21.6. The van der Waals surface area contributed by atoms with Gasteiger partial charge in [0.25, 0.3) is 0 Å². The first kappa shape index (κ1) is 22.7. The van der Waals surface area contributed by atoms with Crippen molar-refractivity contribution in [3.05, 3.63) is 64.9 Å². The van der Waals surface area contributed by atoms with Crippen LogP contribution in [0, 0.1) is 5.82 Å². The molecule has 1 heterocycles. The van der Waals surface area contributed by atoms with Crippen LogP contribution in [0.2, 0.25) is 5.02 Å². The molecule has 0 saturated carbocycles. The van der Waals surface area contributed by atoms with Crippen molar-refractivity contribution in [3.8, 4) is 0 Å². The number of halogens is 2. The number of carbonyl (C=O) groups excluding carboxylic acids is 1. The minimum absolute atomic E-state index is 0.00493. The molecule has 2 aromatic rings. The van der Waals surface area contributed by atoms with E-state index in [2.05, 4.69) is 9.62 Å². The Hall–Kier alpha value is -2.00. The minimum Gasteiger partial charge on any atom is -0.341 e. The van der Waals surface area contributed by atoms with E-state index in [1.807, 2.05) is 0 Å². The largest absolute Gasteiger partial charge is 0.341 e. The maximum atomic E-state index is 13.1. The van der Waals surface area contributed by atoms with Crippen LogP contribution in [-0.4, -0.2) is 56.8 Å². The highest BCUT2D eigenvalue weighted by atomic mass is 35.5. The summed E-state index contributed by atoms with van der Waals surface area (Å²) in [6, 6.07) is 12.6. The second-order valence-corrected chi connectivity index (χ2v) is 9.36. The third kappa shape index (κ3) is 6.25. The summed E-state index contributed by atoms with van der Waals surface area (Å²) in [7, 11) is -3.76. The number of rotatable bonds is 7. The third-order valence-electron chi connectivity index (χ3n) is 5.02. The molecule has 162 valence electrons. The second kappa shape index (κ2) is 10.3. The highest BCUT2D eigenvalue weighted by Gasteiger charge is 2.21. The third-order valence-corrected chi connectivity index (χ3v) is 6.98. The van der Waals surface area contributed by atoms with Gasteiger partial charge in [-0.3, -0.25) is 9.69 Å². The molecule has 0 spiro atoms. The van der Waals surface area contributed by atoms with Crippen molar-refractivity contribution in [2.45, 2.75) is 24.3 Å². The molecule has 1 aliphatic heterocycles. The Morgan fingerprint density at radius 3 is 2.50 bits per heavy atom. The van der Waals surface area contributed by atoms with Gasteiger partial charge < -0.3 is 4.90 Å². The van der Waals surface area contributed by atoms with E-state index in [1.54, 1.807) is 29.2 Å². The number of nitrogens with zero attached hydrogens (tertiary/aromatic N) is 2. The standard InChI is InChI=1S/C21H25ClFN3O3S/c22-19-4-1-2-5-20(19)30(28,29)24-11-10-21(27)26-13-3-12-25(14-15-26)16-17-6-8-18(23)9-7-17/h1-2,4-9,24H,3,10-16H2. The van der Waals surface area contributed by atoms with Crippen LogP contribution >= 0.6 is 11.6 Å². The predicted molar refractivity (Wildman–Crippen MR) is 114 cm³/mol. The van der Waals surface area contributed by atoms with Crippen LogP contribution in [-0.2, 0) is 21.4 Å². The summed E-state index contributed by atoms with van der Waals surface area (Å²) in [6.07, 6.45) is 0.917. The lowest BCUT2D eigenvalue weighted by Crippen LogP contribution is -2.37. The zero-order valence-electron chi connectivity index (χ0n) is 16.6. The van der Waals surface area contributed by atoms with Gasteiger partial charge in [-0.1, -0.05) is 35.9 Å². The zero-order valence-corrected chi connectivity index (χ0v) is 18.1. The normalized spacial score (nSPS) is 15.7. The highest BCUT2D eigenvalue weighted by Crippen LogP contribution is 2.20. The molecular formula is C21H25ClFN3O3S. The molecule has 0 unspecified atom stereocenters.